The first-order valence-electron chi connectivity index (χ1n) is 3.66. The van der Waals surface area contributed by atoms with Crippen LogP contribution < -0.4 is 10.9 Å². The normalized spacial score (nSPS) is 14.3. The van der Waals surface area contributed by atoms with Crippen molar-refractivity contribution in [3.8, 4) is 0 Å². The molecule has 0 heterocycles. The maximum atomic E-state index is 10.8. The van der Waals surface area contributed by atoms with Crippen LogP contribution in [0.5, 0.6) is 0 Å². The Morgan fingerprint density at radius 3 is 2.29 bits per heavy atom. The van der Waals surface area contributed by atoms with Gasteiger partial charge in [0, 0.05) is 13.1 Å². The molecule has 84 valence electrons. The lowest BCUT2D eigenvalue weighted by molar-refractivity contribution is -0.138. The molecule has 0 fully saturated rings. The van der Waals surface area contributed by atoms with Crippen molar-refractivity contribution in [2.24, 2.45) is 10.9 Å². The van der Waals surface area contributed by atoms with Gasteiger partial charge in [-0.1, -0.05) is 0 Å². The Balaban J connectivity index is 4.46. The van der Waals surface area contributed by atoms with Crippen LogP contribution in [-0.2, 0) is 15.0 Å². The van der Waals surface area contributed by atoms with E-state index in [0.29, 0.717) is 4.31 Å². The Kier molecular flexibility index (Phi) is 4.94. The summed E-state index contributed by atoms with van der Waals surface area (Å²) in [6, 6.07) is -1.36. The highest BCUT2D eigenvalue weighted by Gasteiger charge is 2.23. The van der Waals surface area contributed by atoms with Crippen LogP contribution in [0, 0.1) is 0 Å². The van der Waals surface area contributed by atoms with Crippen molar-refractivity contribution in [3.63, 3.8) is 0 Å². The molecular formula is C5H13N3O5S. The lowest BCUT2D eigenvalue weighted by Crippen LogP contribution is -2.48. The Morgan fingerprint density at radius 1 is 1.50 bits per heavy atom. The van der Waals surface area contributed by atoms with E-state index in [4.69, 9.17) is 21.1 Å². The highest BCUT2D eigenvalue weighted by molar-refractivity contribution is 7.86. The van der Waals surface area contributed by atoms with E-state index in [-0.39, 0.29) is 6.54 Å². The molecule has 0 amide bonds. The van der Waals surface area contributed by atoms with Gasteiger partial charge in [0.05, 0.1) is 6.61 Å². The van der Waals surface area contributed by atoms with Crippen LogP contribution in [0.25, 0.3) is 0 Å². The highest BCUT2D eigenvalue weighted by atomic mass is 32.2. The summed E-state index contributed by atoms with van der Waals surface area (Å²) in [5.41, 5.74) is 5.10. The number of hydrogen-bond acceptors (Lipinski definition) is 5. The van der Waals surface area contributed by atoms with Gasteiger partial charge in [0.2, 0.25) is 0 Å². The molecule has 0 aromatic heterocycles. The standard InChI is InChI=1S/C5H13N3O5S/c6-4(5(10)11)3-8(1-2-9)14(7,12)13/h4,9H,1-3,6H2,(H,10,11)(H2,7,12,13)/t4-/m0/s1. The van der Waals surface area contributed by atoms with Crippen molar-refractivity contribution in [2.45, 2.75) is 6.04 Å². The van der Waals surface area contributed by atoms with Gasteiger partial charge in [-0.3, -0.25) is 4.79 Å². The smallest absolute Gasteiger partial charge is 0.321 e. The quantitative estimate of drug-likeness (QED) is 0.378. The van der Waals surface area contributed by atoms with Gasteiger partial charge in [-0.25, -0.2) is 5.14 Å². The van der Waals surface area contributed by atoms with Crippen molar-refractivity contribution in [2.75, 3.05) is 19.7 Å². The molecule has 14 heavy (non-hydrogen) atoms. The number of aliphatic hydroxyl groups excluding tert-OH is 1. The first kappa shape index (κ1) is 13.3. The molecule has 9 heteroatoms. The highest BCUT2D eigenvalue weighted by Crippen LogP contribution is 1.95. The zero-order valence-corrected chi connectivity index (χ0v) is 8.14. The van der Waals surface area contributed by atoms with Crippen LogP contribution in [0.4, 0.5) is 0 Å². The largest absolute Gasteiger partial charge is 0.480 e. The second-order valence-electron chi connectivity index (χ2n) is 2.57. The number of carboxylic acids is 1. The summed E-state index contributed by atoms with van der Waals surface area (Å²) in [6.45, 7) is -1.20. The van der Waals surface area contributed by atoms with Gasteiger partial charge in [-0.15, -0.1) is 0 Å². The van der Waals surface area contributed by atoms with Crippen LogP contribution in [0.1, 0.15) is 0 Å². The molecule has 0 spiro atoms. The molecule has 0 aliphatic carbocycles. The second kappa shape index (κ2) is 5.22. The van der Waals surface area contributed by atoms with Crippen molar-refractivity contribution in [1.29, 1.82) is 0 Å². The molecule has 6 N–H and O–H groups in total. The Bertz CT molecular complexity index is 290. The monoisotopic (exact) mass is 227 g/mol. The number of hydrogen-bond donors (Lipinski definition) is 4. The Hall–Kier alpha value is -0.740. The van der Waals surface area contributed by atoms with Crippen molar-refractivity contribution < 1.29 is 23.4 Å². The SMILES string of the molecule is N[C@@H](CN(CCO)S(N)(=O)=O)C(=O)O. The Morgan fingerprint density at radius 2 is 2.00 bits per heavy atom. The van der Waals surface area contributed by atoms with Crippen LogP contribution in [-0.4, -0.2) is 54.6 Å². The fourth-order valence-electron chi connectivity index (χ4n) is 0.731. The minimum atomic E-state index is -4.03. The minimum Gasteiger partial charge on any atom is -0.480 e. The predicted octanol–water partition coefficient (Wildman–Crippen LogP) is -3.10. The molecule has 0 unspecified atom stereocenters. The fourth-order valence-corrected chi connectivity index (χ4v) is 1.44. The van der Waals surface area contributed by atoms with E-state index in [9.17, 15) is 13.2 Å². The van der Waals surface area contributed by atoms with Gasteiger partial charge >= 0.3 is 5.97 Å². The van der Waals surface area contributed by atoms with Crippen LogP contribution in [0.15, 0.2) is 0 Å². The molecule has 1 atom stereocenters. The van der Waals surface area contributed by atoms with Gasteiger partial charge in [0.1, 0.15) is 6.04 Å². The third kappa shape index (κ3) is 4.48. The molecule has 0 saturated carbocycles. The number of rotatable bonds is 6. The molecule has 0 rings (SSSR count). The fraction of sp³-hybridized carbons (Fsp3) is 0.800. The summed E-state index contributed by atoms with van der Waals surface area (Å²) in [5.74, 6) is -1.34. The average molecular weight is 227 g/mol. The number of carboxylic acid groups (broad SMARTS) is 1. The van der Waals surface area contributed by atoms with Crippen molar-refractivity contribution >= 4 is 16.2 Å². The molecule has 0 saturated heterocycles. The topological polar surface area (TPSA) is 147 Å². The van der Waals surface area contributed by atoms with Gasteiger partial charge in [0.15, 0.2) is 0 Å². The number of nitrogens with two attached hydrogens (primary N) is 2. The first-order valence-corrected chi connectivity index (χ1v) is 5.16. The third-order valence-electron chi connectivity index (χ3n) is 1.43. The summed E-state index contributed by atoms with van der Waals surface area (Å²) < 4.78 is 22.3. The van der Waals surface area contributed by atoms with Gasteiger partial charge in [-0.2, -0.15) is 12.7 Å². The van der Waals surface area contributed by atoms with Crippen LogP contribution >= 0.6 is 0 Å². The molecule has 0 aromatic rings. The molecule has 8 nitrogen and oxygen atoms in total. The van der Waals surface area contributed by atoms with Crippen molar-refractivity contribution in [1.82, 2.24) is 4.31 Å². The van der Waals surface area contributed by atoms with Gasteiger partial charge < -0.3 is 15.9 Å². The molecule has 0 aliphatic rings. The van der Waals surface area contributed by atoms with Crippen molar-refractivity contribution in [3.05, 3.63) is 0 Å². The summed E-state index contributed by atoms with van der Waals surface area (Å²) in [5, 5.41) is 21.7. The third-order valence-corrected chi connectivity index (χ3v) is 2.48. The summed E-state index contributed by atoms with van der Waals surface area (Å²) in [6.07, 6.45) is 0. The van der Waals surface area contributed by atoms with Crippen LogP contribution in [0.2, 0.25) is 0 Å². The van der Waals surface area contributed by atoms with Crippen LogP contribution in [0.3, 0.4) is 0 Å². The second-order valence-corrected chi connectivity index (χ2v) is 4.12. The summed E-state index contributed by atoms with van der Waals surface area (Å²) >= 11 is 0. The molecular weight excluding hydrogens is 214 g/mol. The van der Waals surface area contributed by atoms with E-state index in [0.717, 1.165) is 0 Å². The number of aliphatic carboxylic acids is 1. The molecule has 0 radical (unpaired) electrons. The van der Waals surface area contributed by atoms with Gasteiger partial charge in [-0.05, 0) is 0 Å². The zero-order valence-electron chi connectivity index (χ0n) is 7.33. The lowest BCUT2D eigenvalue weighted by atomic mass is 10.3. The van der Waals surface area contributed by atoms with Gasteiger partial charge in [0.25, 0.3) is 10.2 Å². The zero-order chi connectivity index (χ0) is 11.4. The maximum Gasteiger partial charge on any atom is 0.321 e. The molecule has 0 aromatic carbocycles. The van der Waals surface area contributed by atoms with E-state index >= 15 is 0 Å². The summed E-state index contributed by atoms with van der Waals surface area (Å²) in [4.78, 5) is 10.3. The summed E-state index contributed by atoms with van der Waals surface area (Å²) in [7, 11) is -4.03. The predicted molar refractivity (Wildman–Crippen MR) is 47.4 cm³/mol. The molecule has 0 bridgehead atoms. The maximum absolute atomic E-state index is 10.8. The average Bonchev–Trinajstić information content (AvgIpc) is 2.01. The number of nitrogens with zero attached hydrogens (tertiary/aromatic N) is 1. The van der Waals surface area contributed by atoms with E-state index in [2.05, 4.69) is 0 Å². The van der Waals surface area contributed by atoms with E-state index in [1.165, 1.54) is 0 Å². The van der Waals surface area contributed by atoms with E-state index < -0.39 is 35.4 Å². The van der Waals surface area contributed by atoms with E-state index in [1.54, 1.807) is 0 Å². The molecule has 0 aliphatic heterocycles. The lowest BCUT2D eigenvalue weighted by Gasteiger charge is -2.19. The number of aliphatic hydroxyl groups is 1. The van der Waals surface area contributed by atoms with E-state index in [1.807, 2.05) is 0 Å². The minimum absolute atomic E-state index is 0.278. The number of carbonyl (C=O) groups is 1. The Labute approximate surface area is 81.3 Å². The first-order chi connectivity index (χ1) is 6.29.